The van der Waals surface area contributed by atoms with E-state index in [1.807, 2.05) is 6.92 Å². The number of nitrogens with one attached hydrogen (secondary N) is 2. The number of rotatable bonds is 6. The fraction of sp³-hybridized carbons (Fsp3) is 0.318. The molecule has 3 aromatic rings. The molecule has 0 aliphatic heterocycles. The number of nitrogens with zero attached hydrogens (tertiary/aromatic N) is 6. The van der Waals surface area contributed by atoms with Crippen molar-refractivity contribution in [1.29, 1.82) is 5.26 Å². The van der Waals surface area contributed by atoms with Crippen molar-refractivity contribution in [2.45, 2.75) is 32.8 Å². The van der Waals surface area contributed by atoms with Gasteiger partial charge in [-0.15, -0.1) is 5.10 Å². The van der Waals surface area contributed by atoms with Crippen LogP contribution in [0.5, 0.6) is 0 Å². The second kappa shape index (κ2) is 9.07. The summed E-state index contributed by atoms with van der Waals surface area (Å²) in [5.41, 5.74) is 1.72. The van der Waals surface area contributed by atoms with Crippen LogP contribution < -0.4 is 10.6 Å². The molecule has 0 unspecified atom stereocenters. The molecule has 1 aliphatic carbocycles. The average molecular weight is 481 g/mol. The minimum atomic E-state index is -0.934. The first-order valence-electron chi connectivity index (χ1n) is 10.4. The summed E-state index contributed by atoms with van der Waals surface area (Å²) >= 11 is 6.13. The number of carbonyl (C=O) groups excluding carboxylic acids is 2. The maximum absolute atomic E-state index is 12.6. The molecule has 1 fully saturated rings. The Hall–Kier alpha value is -4.04. The van der Waals surface area contributed by atoms with Crippen molar-refractivity contribution >= 4 is 35.1 Å². The SMILES string of the molecule is Cc1cnc(Cl)c([C@@H](C)OC(=O)Nc2c(-c3ccc(NC(=O)C4(C#N)CC4)cn3)nnn2C)c1. The Bertz CT molecular complexity index is 1290. The second-order valence-electron chi connectivity index (χ2n) is 8.06. The highest BCUT2D eigenvalue weighted by Crippen LogP contribution is 2.45. The molecule has 0 saturated heterocycles. The summed E-state index contributed by atoms with van der Waals surface area (Å²) in [6, 6.07) is 7.12. The molecule has 0 aromatic carbocycles. The molecule has 1 saturated carbocycles. The first kappa shape index (κ1) is 23.1. The zero-order valence-electron chi connectivity index (χ0n) is 18.7. The maximum Gasteiger partial charge on any atom is 0.413 e. The van der Waals surface area contributed by atoms with E-state index in [4.69, 9.17) is 21.6 Å². The van der Waals surface area contributed by atoms with E-state index in [1.165, 1.54) is 10.9 Å². The van der Waals surface area contributed by atoms with E-state index >= 15 is 0 Å². The van der Waals surface area contributed by atoms with Crippen LogP contribution in [0.2, 0.25) is 5.15 Å². The van der Waals surface area contributed by atoms with Crippen LogP contribution in [0.3, 0.4) is 0 Å². The molecule has 1 atom stereocenters. The van der Waals surface area contributed by atoms with Gasteiger partial charge in [0.05, 0.1) is 23.6 Å². The Kier molecular flexibility index (Phi) is 6.17. The van der Waals surface area contributed by atoms with E-state index in [0.717, 1.165) is 5.56 Å². The van der Waals surface area contributed by atoms with Crippen LogP contribution in [0, 0.1) is 23.7 Å². The van der Waals surface area contributed by atoms with Crippen LogP contribution >= 0.6 is 11.6 Å². The van der Waals surface area contributed by atoms with E-state index in [0.29, 0.717) is 35.5 Å². The smallest absolute Gasteiger partial charge is 0.413 e. The number of hydrogen-bond acceptors (Lipinski definition) is 8. The molecule has 2 amide bonds. The number of carbonyl (C=O) groups is 2. The molecule has 4 rings (SSSR count). The number of amides is 2. The van der Waals surface area contributed by atoms with Crippen molar-refractivity contribution in [3.8, 4) is 17.5 Å². The number of ether oxygens (including phenoxy) is 1. The minimum Gasteiger partial charge on any atom is -0.441 e. The van der Waals surface area contributed by atoms with Gasteiger partial charge in [0.15, 0.2) is 11.5 Å². The predicted octanol–water partition coefficient (Wildman–Crippen LogP) is 3.79. The summed E-state index contributed by atoms with van der Waals surface area (Å²) in [6.07, 6.45) is 2.81. The fourth-order valence-electron chi connectivity index (χ4n) is 3.25. The molecule has 12 heteroatoms. The van der Waals surface area contributed by atoms with Crippen molar-refractivity contribution in [3.05, 3.63) is 46.9 Å². The first-order chi connectivity index (χ1) is 16.2. The van der Waals surface area contributed by atoms with Gasteiger partial charge >= 0.3 is 6.09 Å². The number of aromatic nitrogens is 5. The van der Waals surface area contributed by atoms with Crippen LogP contribution in [0.25, 0.3) is 11.4 Å². The van der Waals surface area contributed by atoms with Gasteiger partial charge in [-0.2, -0.15) is 5.26 Å². The van der Waals surface area contributed by atoms with Crippen LogP contribution in [0.15, 0.2) is 30.6 Å². The second-order valence-corrected chi connectivity index (χ2v) is 8.41. The molecule has 1 aliphatic rings. The molecule has 0 spiro atoms. The molecule has 34 heavy (non-hydrogen) atoms. The number of aryl methyl sites for hydroxylation is 2. The lowest BCUT2D eigenvalue weighted by Crippen LogP contribution is -2.22. The quantitative estimate of drug-likeness (QED) is 0.506. The highest BCUT2D eigenvalue weighted by Gasteiger charge is 2.50. The van der Waals surface area contributed by atoms with Gasteiger partial charge in [-0.3, -0.25) is 15.1 Å². The summed E-state index contributed by atoms with van der Waals surface area (Å²) in [7, 11) is 1.61. The monoisotopic (exact) mass is 480 g/mol. The third-order valence-electron chi connectivity index (χ3n) is 5.43. The van der Waals surface area contributed by atoms with Crippen LogP contribution in [0.1, 0.15) is 37.0 Å². The number of pyridine rings is 2. The third kappa shape index (κ3) is 4.67. The fourth-order valence-corrected chi connectivity index (χ4v) is 3.51. The summed E-state index contributed by atoms with van der Waals surface area (Å²) in [5, 5.41) is 22.8. The molecule has 0 bridgehead atoms. The maximum atomic E-state index is 12.6. The predicted molar refractivity (Wildman–Crippen MR) is 123 cm³/mol. The Labute approximate surface area is 200 Å². The molecule has 3 aromatic heterocycles. The van der Waals surface area contributed by atoms with Gasteiger partial charge in [-0.25, -0.2) is 14.5 Å². The first-order valence-corrected chi connectivity index (χ1v) is 10.8. The molecule has 174 valence electrons. The minimum absolute atomic E-state index is 0.257. The number of anilines is 2. The Morgan fingerprint density at radius 1 is 1.26 bits per heavy atom. The van der Waals surface area contributed by atoms with Crippen molar-refractivity contribution in [2.75, 3.05) is 10.6 Å². The molecule has 11 nitrogen and oxygen atoms in total. The third-order valence-corrected chi connectivity index (χ3v) is 5.75. The van der Waals surface area contributed by atoms with E-state index in [9.17, 15) is 9.59 Å². The van der Waals surface area contributed by atoms with Crippen LogP contribution in [-0.4, -0.2) is 37.0 Å². The highest BCUT2D eigenvalue weighted by molar-refractivity contribution is 6.30. The topological polar surface area (TPSA) is 148 Å². The Morgan fingerprint density at radius 2 is 2.03 bits per heavy atom. The lowest BCUT2D eigenvalue weighted by atomic mass is 10.1. The Morgan fingerprint density at radius 3 is 2.68 bits per heavy atom. The van der Waals surface area contributed by atoms with Gasteiger partial charge in [0, 0.05) is 18.8 Å². The number of hydrogen-bond donors (Lipinski definition) is 2. The summed E-state index contributed by atoms with van der Waals surface area (Å²) < 4.78 is 6.84. The van der Waals surface area contributed by atoms with Gasteiger partial charge in [-0.05, 0) is 50.5 Å². The zero-order valence-corrected chi connectivity index (χ0v) is 19.4. The molecule has 3 heterocycles. The van der Waals surface area contributed by atoms with E-state index in [2.05, 4.69) is 37.0 Å². The van der Waals surface area contributed by atoms with E-state index < -0.39 is 17.6 Å². The van der Waals surface area contributed by atoms with Gasteiger partial charge in [-0.1, -0.05) is 16.8 Å². The lowest BCUT2D eigenvalue weighted by molar-refractivity contribution is -0.119. The Balaban J connectivity index is 1.46. The summed E-state index contributed by atoms with van der Waals surface area (Å²) in [6.45, 7) is 3.56. The average Bonchev–Trinajstić information content (AvgIpc) is 3.54. The summed E-state index contributed by atoms with van der Waals surface area (Å²) in [4.78, 5) is 33.2. The van der Waals surface area contributed by atoms with Crippen molar-refractivity contribution in [2.24, 2.45) is 12.5 Å². The van der Waals surface area contributed by atoms with Gasteiger partial charge in [0.1, 0.15) is 16.7 Å². The molecule has 2 N–H and O–H groups in total. The van der Waals surface area contributed by atoms with Gasteiger partial charge in [0.25, 0.3) is 0 Å². The van der Waals surface area contributed by atoms with Crippen molar-refractivity contribution in [3.63, 3.8) is 0 Å². The van der Waals surface area contributed by atoms with E-state index in [1.54, 1.807) is 38.4 Å². The van der Waals surface area contributed by atoms with E-state index in [-0.39, 0.29) is 16.9 Å². The largest absolute Gasteiger partial charge is 0.441 e. The molecular formula is C22H21ClN8O3. The number of nitriles is 1. The lowest BCUT2D eigenvalue weighted by Gasteiger charge is -2.16. The van der Waals surface area contributed by atoms with Gasteiger partial charge < -0.3 is 10.1 Å². The molecular weight excluding hydrogens is 460 g/mol. The van der Waals surface area contributed by atoms with Crippen molar-refractivity contribution in [1.82, 2.24) is 25.0 Å². The number of halogens is 1. The van der Waals surface area contributed by atoms with Crippen LogP contribution in [-0.2, 0) is 16.6 Å². The highest BCUT2D eigenvalue weighted by atomic mass is 35.5. The van der Waals surface area contributed by atoms with Crippen LogP contribution in [0.4, 0.5) is 16.3 Å². The molecule has 0 radical (unpaired) electrons. The van der Waals surface area contributed by atoms with Crippen molar-refractivity contribution < 1.29 is 14.3 Å². The van der Waals surface area contributed by atoms with Gasteiger partial charge in [0.2, 0.25) is 5.91 Å². The normalized spacial score (nSPS) is 14.6. The summed E-state index contributed by atoms with van der Waals surface area (Å²) in [5.74, 6) is -0.0662. The zero-order chi connectivity index (χ0) is 24.5. The standard InChI is InChI=1S/C22H21ClN8O3/c1-12-8-15(18(23)26-9-12)13(2)34-21(33)28-19-17(29-30-31(19)3)16-5-4-14(10-25-16)27-20(32)22(11-24)6-7-22/h4-5,8-10,13H,6-7H2,1-3H3,(H,27,32)(H,28,33)/t13-/m1/s1.